The summed E-state index contributed by atoms with van der Waals surface area (Å²) in [5.41, 5.74) is 8.12. The van der Waals surface area contributed by atoms with Crippen molar-refractivity contribution in [2.75, 3.05) is 26.2 Å². The normalized spacial score (nSPS) is 19.2. The highest BCUT2D eigenvalue weighted by atomic mass is 16.2. The summed E-state index contributed by atoms with van der Waals surface area (Å²) < 4.78 is 1.91. The van der Waals surface area contributed by atoms with E-state index >= 15 is 0 Å². The first kappa shape index (κ1) is 20.6. The summed E-state index contributed by atoms with van der Waals surface area (Å²) in [5, 5.41) is 0. The molecule has 0 radical (unpaired) electrons. The number of imidazole rings is 1. The number of hydrogen-bond acceptors (Lipinski definition) is 5. The third kappa shape index (κ3) is 3.54. The molecule has 2 N–H and O–H groups in total. The second-order valence-corrected chi connectivity index (χ2v) is 8.75. The number of rotatable bonds is 4. The van der Waals surface area contributed by atoms with Gasteiger partial charge < -0.3 is 10.6 Å². The fourth-order valence-corrected chi connectivity index (χ4v) is 5.10. The van der Waals surface area contributed by atoms with Crippen LogP contribution in [0.4, 0.5) is 0 Å². The third-order valence-electron chi connectivity index (χ3n) is 6.97. The largest absolute Gasteiger partial charge is 0.368 e. The van der Waals surface area contributed by atoms with Gasteiger partial charge in [-0.1, -0.05) is 24.6 Å². The Morgan fingerprint density at radius 3 is 2.34 bits per heavy atom. The summed E-state index contributed by atoms with van der Waals surface area (Å²) in [4.78, 5) is 38.7. The van der Waals surface area contributed by atoms with Gasteiger partial charge in [-0.2, -0.15) is 0 Å². The molecule has 0 atom stereocenters. The second kappa shape index (κ2) is 8.35. The molecule has 32 heavy (non-hydrogen) atoms. The molecule has 2 aromatic heterocycles. The molecule has 2 fully saturated rings. The van der Waals surface area contributed by atoms with Crippen LogP contribution in [0.5, 0.6) is 0 Å². The van der Waals surface area contributed by atoms with E-state index in [1.54, 1.807) is 18.6 Å². The lowest BCUT2D eigenvalue weighted by Gasteiger charge is -2.48. The molecular formula is C24H28N6O2. The molecular weight excluding hydrogens is 404 g/mol. The minimum absolute atomic E-state index is 0.0784. The number of nitrogens with two attached hydrogens (primary N) is 1. The molecule has 8 heteroatoms. The number of para-hydroxylation sites is 1. The fraction of sp³-hybridized carbons (Fsp3) is 0.417. The van der Waals surface area contributed by atoms with Crippen molar-refractivity contribution in [3.63, 3.8) is 0 Å². The Hall–Kier alpha value is -3.26. The minimum atomic E-state index is -0.631. The summed E-state index contributed by atoms with van der Waals surface area (Å²) in [6.45, 7) is 2.83. The van der Waals surface area contributed by atoms with Crippen LogP contribution >= 0.6 is 0 Å². The number of carbonyl (C=O) groups is 2. The molecule has 0 spiro atoms. The van der Waals surface area contributed by atoms with Crippen molar-refractivity contribution in [2.24, 2.45) is 5.73 Å². The van der Waals surface area contributed by atoms with E-state index in [1.807, 2.05) is 39.8 Å². The molecule has 0 aliphatic carbocycles. The fourth-order valence-electron chi connectivity index (χ4n) is 5.10. The maximum atomic E-state index is 13.2. The highest BCUT2D eigenvalue weighted by molar-refractivity contribution is 5.97. The number of likely N-dealkylation sites (tertiary alicyclic amines) is 2. The van der Waals surface area contributed by atoms with Gasteiger partial charge in [0.25, 0.3) is 5.91 Å². The number of primary amides is 1. The van der Waals surface area contributed by atoms with Crippen LogP contribution in [-0.4, -0.2) is 67.9 Å². The smallest absolute Gasteiger partial charge is 0.255 e. The zero-order chi connectivity index (χ0) is 22.1. The number of carbonyl (C=O) groups excluding carboxylic acids is 2. The number of hydrogen-bond donors (Lipinski definition) is 1. The first-order valence-corrected chi connectivity index (χ1v) is 11.3. The second-order valence-electron chi connectivity index (χ2n) is 8.75. The number of amides is 2. The van der Waals surface area contributed by atoms with Gasteiger partial charge >= 0.3 is 0 Å². The molecule has 8 nitrogen and oxygen atoms in total. The van der Waals surface area contributed by atoms with Crippen LogP contribution in [0.25, 0.3) is 16.9 Å². The molecule has 0 unspecified atom stereocenters. The van der Waals surface area contributed by atoms with Gasteiger partial charge in [0, 0.05) is 25.0 Å². The summed E-state index contributed by atoms with van der Waals surface area (Å²) >= 11 is 0. The van der Waals surface area contributed by atoms with Crippen LogP contribution in [0.3, 0.4) is 0 Å². The Kier molecular flexibility index (Phi) is 5.38. The number of aromatic nitrogens is 3. The van der Waals surface area contributed by atoms with Crippen LogP contribution in [0.2, 0.25) is 0 Å². The van der Waals surface area contributed by atoms with Crippen molar-refractivity contribution in [1.29, 1.82) is 0 Å². The van der Waals surface area contributed by atoms with Gasteiger partial charge in [0.1, 0.15) is 17.4 Å². The van der Waals surface area contributed by atoms with Gasteiger partial charge in [0.15, 0.2) is 5.65 Å². The lowest BCUT2D eigenvalue weighted by molar-refractivity contribution is -0.134. The van der Waals surface area contributed by atoms with Crippen molar-refractivity contribution in [3.8, 4) is 5.69 Å². The van der Waals surface area contributed by atoms with E-state index in [0.29, 0.717) is 42.7 Å². The molecule has 1 aromatic carbocycles. The predicted octanol–water partition coefficient (Wildman–Crippen LogP) is 2.37. The van der Waals surface area contributed by atoms with Gasteiger partial charge in [-0.25, -0.2) is 9.97 Å². The summed E-state index contributed by atoms with van der Waals surface area (Å²) in [7, 11) is 0. The van der Waals surface area contributed by atoms with Crippen LogP contribution in [0.15, 0.2) is 48.9 Å². The molecule has 2 aliphatic rings. The highest BCUT2D eigenvalue weighted by Crippen LogP contribution is 2.32. The average molecular weight is 433 g/mol. The van der Waals surface area contributed by atoms with E-state index in [4.69, 9.17) is 5.73 Å². The van der Waals surface area contributed by atoms with Crippen LogP contribution in [0.1, 0.15) is 42.5 Å². The van der Waals surface area contributed by atoms with Crippen molar-refractivity contribution in [3.05, 3.63) is 54.5 Å². The first-order valence-electron chi connectivity index (χ1n) is 11.3. The van der Waals surface area contributed by atoms with Crippen LogP contribution in [0, 0.1) is 0 Å². The van der Waals surface area contributed by atoms with Crippen molar-refractivity contribution in [1.82, 2.24) is 24.3 Å². The zero-order valence-corrected chi connectivity index (χ0v) is 18.1. The van der Waals surface area contributed by atoms with E-state index < -0.39 is 5.54 Å². The Morgan fingerprint density at radius 1 is 0.938 bits per heavy atom. The Morgan fingerprint density at radius 2 is 1.66 bits per heavy atom. The number of piperidine rings is 2. The van der Waals surface area contributed by atoms with Crippen molar-refractivity contribution >= 4 is 23.0 Å². The summed E-state index contributed by atoms with van der Waals surface area (Å²) in [6.07, 6.45) is 7.89. The molecule has 166 valence electrons. The minimum Gasteiger partial charge on any atom is -0.368 e. The number of benzene rings is 1. The van der Waals surface area contributed by atoms with Crippen molar-refractivity contribution in [2.45, 2.75) is 37.6 Å². The van der Waals surface area contributed by atoms with Gasteiger partial charge in [-0.3, -0.25) is 19.1 Å². The SMILES string of the molecule is NC(=O)C1(N2CCCCC2)CCN(C(=O)c2cnc3c(c2)ncn3-c2ccccc2)CC1. The standard InChI is InChI=1S/C24H28N6O2/c25-23(32)24(29-11-5-2-6-12-29)9-13-28(14-10-24)22(31)18-15-20-21(26-16-18)30(17-27-20)19-7-3-1-4-8-19/h1,3-4,7-8,15-17H,2,5-6,9-14H2,(H2,25,32). The predicted molar refractivity (Wildman–Crippen MR) is 121 cm³/mol. The molecule has 3 aromatic rings. The molecule has 2 aliphatic heterocycles. The zero-order valence-electron chi connectivity index (χ0n) is 18.1. The first-order chi connectivity index (χ1) is 15.6. The monoisotopic (exact) mass is 432 g/mol. The maximum absolute atomic E-state index is 13.2. The van der Waals surface area contributed by atoms with E-state index in [0.717, 1.165) is 31.6 Å². The van der Waals surface area contributed by atoms with Gasteiger partial charge in [-0.05, 0) is 57.0 Å². The summed E-state index contributed by atoms with van der Waals surface area (Å²) in [5.74, 6) is -0.341. The quantitative estimate of drug-likeness (QED) is 0.683. The molecule has 5 rings (SSSR count). The lowest BCUT2D eigenvalue weighted by Crippen LogP contribution is -2.63. The topological polar surface area (TPSA) is 97.4 Å². The maximum Gasteiger partial charge on any atom is 0.255 e. The van der Waals surface area contributed by atoms with E-state index in [2.05, 4.69) is 14.9 Å². The third-order valence-corrected chi connectivity index (χ3v) is 6.97. The molecule has 0 saturated carbocycles. The Bertz CT molecular complexity index is 1130. The van der Waals surface area contributed by atoms with Gasteiger partial charge in [0.05, 0.1) is 5.56 Å². The number of nitrogens with zero attached hydrogens (tertiary/aromatic N) is 5. The molecule has 4 heterocycles. The molecule has 2 amide bonds. The molecule has 0 bridgehead atoms. The number of fused-ring (bicyclic) bond motifs is 1. The highest BCUT2D eigenvalue weighted by Gasteiger charge is 2.45. The lowest BCUT2D eigenvalue weighted by atomic mass is 9.83. The average Bonchev–Trinajstić information content (AvgIpc) is 3.28. The number of pyridine rings is 1. The van der Waals surface area contributed by atoms with Gasteiger partial charge in [-0.15, -0.1) is 0 Å². The van der Waals surface area contributed by atoms with E-state index in [9.17, 15) is 9.59 Å². The Labute approximate surface area is 187 Å². The summed E-state index contributed by atoms with van der Waals surface area (Å²) in [6, 6.07) is 11.7. The molecule has 2 saturated heterocycles. The van der Waals surface area contributed by atoms with Crippen LogP contribution in [-0.2, 0) is 4.79 Å². The van der Waals surface area contributed by atoms with Crippen LogP contribution < -0.4 is 5.73 Å². The van der Waals surface area contributed by atoms with E-state index in [-0.39, 0.29) is 11.8 Å². The van der Waals surface area contributed by atoms with Crippen molar-refractivity contribution < 1.29 is 9.59 Å². The van der Waals surface area contributed by atoms with E-state index in [1.165, 1.54) is 6.42 Å². The Balaban J connectivity index is 1.33. The van der Waals surface area contributed by atoms with Gasteiger partial charge in [0.2, 0.25) is 5.91 Å².